The predicted molar refractivity (Wildman–Crippen MR) is 96.4 cm³/mol. The molecule has 0 aliphatic carbocycles. The zero-order valence-electron chi connectivity index (χ0n) is 13.6. The van der Waals surface area contributed by atoms with E-state index in [2.05, 4.69) is 15.3 Å². The van der Waals surface area contributed by atoms with Crippen LogP contribution in [0.1, 0.15) is 36.0 Å². The molecule has 128 valence electrons. The quantitative estimate of drug-likeness (QED) is 0.908. The number of carbonyl (C=O) groups is 1. The zero-order valence-corrected chi connectivity index (χ0v) is 14.5. The number of amides is 1. The van der Waals surface area contributed by atoms with E-state index in [0.717, 1.165) is 55.0 Å². The molecule has 4 rings (SSSR count). The first kappa shape index (κ1) is 17.1. The van der Waals surface area contributed by atoms with Crippen molar-refractivity contribution in [1.82, 2.24) is 20.2 Å². The molecule has 0 radical (unpaired) electrons. The smallest absolute Gasteiger partial charge is 0.253 e. The summed E-state index contributed by atoms with van der Waals surface area (Å²) in [6.45, 7) is 2.88. The molecule has 0 spiro atoms. The number of hydrogen-bond acceptors (Lipinski definition) is 4. The molecule has 2 fully saturated rings. The molecule has 1 amide bonds. The van der Waals surface area contributed by atoms with E-state index in [0.29, 0.717) is 6.04 Å². The van der Waals surface area contributed by atoms with Crippen LogP contribution in [0.2, 0.25) is 0 Å². The summed E-state index contributed by atoms with van der Waals surface area (Å²) in [7, 11) is 0. The number of hydrogen-bond donors (Lipinski definition) is 1. The Morgan fingerprint density at radius 1 is 1.08 bits per heavy atom. The van der Waals surface area contributed by atoms with Gasteiger partial charge in [-0.1, -0.05) is 0 Å². The summed E-state index contributed by atoms with van der Waals surface area (Å²) in [5, 5.41) is 3.60. The highest BCUT2D eigenvalue weighted by Crippen LogP contribution is 2.26. The summed E-state index contributed by atoms with van der Waals surface area (Å²) in [6.07, 6.45) is 8.14. The van der Waals surface area contributed by atoms with E-state index < -0.39 is 0 Å². The molecule has 2 aliphatic heterocycles. The summed E-state index contributed by atoms with van der Waals surface area (Å²) >= 11 is 0. The second-order valence-electron chi connectivity index (χ2n) is 6.59. The second kappa shape index (κ2) is 7.45. The molecule has 24 heavy (non-hydrogen) atoms. The Labute approximate surface area is 148 Å². The van der Waals surface area contributed by atoms with Crippen molar-refractivity contribution in [3.8, 4) is 0 Å². The molecule has 5 nitrogen and oxygen atoms in total. The summed E-state index contributed by atoms with van der Waals surface area (Å²) in [5.41, 5.74) is 2.33. The van der Waals surface area contributed by atoms with Crippen LogP contribution in [0, 0.1) is 5.92 Å². The van der Waals surface area contributed by atoms with E-state index in [1.807, 2.05) is 23.1 Å². The van der Waals surface area contributed by atoms with E-state index in [9.17, 15) is 4.79 Å². The van der Waals surface area contributed by atoms with E-state index in [4.69, 9.17) is 0 Å². The molecule has 1 N–H and O–H groups in total. The van der Waals surface area contributed by atoms with Gasteiger partial charge in [-0.15, -0.1) is 12.4 Å². The Morgan fingerprint density at radius 2 is 1.83 bits per heavy atom. The van der Waals surface area contributed by atoms with Gasteiger partial charge in [0.2, 0.25) is 0 Å². The van der Waals surface area contributed by atoms with Crippen LogP contribution in [-0.2, 0) is 0 Å². The molecule has 3 heterocycles. The normalized spacial score (nSPS) is 21.7. The third-order valence-corrected chi connectivity index (χ3v) is 5.21. The molecule has 1 aromatic heterocycles. The molecule has 2 aliphatic rings. The zero-order chi connectivity index (χ0) is 15.6. The lowest BCUT2D eigenvalue weighted by molar-refractivity contribution is 0.0674. The van der Waals surface area contributed by atoms with Gasteiger partial charge in [0.15, 0.2) is 0 Å². The fourth-order valence-electron chi connectivity index (χ4n) is 3.90. The minimum Gasteiger partial charge on any atom is -0.339 e. The Hall–Kier alpha value is -1.72. The standard InChI is InChI=1S/C18H22N4O.ClH/c23-18(14-3-4-16-17(12-14)21-9-8-20-16)22-10-5-13(6-11-22)15-2-1-7-19-15;/h3-4,8-9,12-13,15,19H,1-2,5-7,10-11H2;1H. The van der Waals surface area contributed by atoms with E-state index >= 15 is 0 Å². The number of rotatable bonds is 2. The summed E-state index contributed by atoms with van der Waals surface area (Å²) in [4.78, 5) is 23.3. The minimum atomic E-state index is 0. The monoisotopic (exact) mass is 346 g/mol. The first-order valence-electron chi connectivity index (χ1n) is 8.55. The van der Waals surface area contributed by atoms with Crippen LogP contribution >= 0.6 is 12.4 Å². The van der Waals surface area contributed by atoms with Crippen LogP contribution in [0.15, 0.2) is 30.6 Å². The Bertz CT molecular complexity index is 709. The SMILES string of the molecule is Cl.O=C(c1ccc2nccnc2c1)N1CCC(C2CCCN2)CC1. The molecular weight excluding hydrogens is 324 g/mol. The van der Waals surface area contributed by atoms with Crippen LogP contribution in [0.4, 0.5) is 0 Å². The number of fused-ring (bicyclic) bond motifs is 1. The minimum absolute atomic E-state index is 0. The van der Waals surface area contributed by atoms with Crippen LogP contribution in [-0.4, -0.2) is 46.5 Å². The summed E-state index contributed by atoms with van der Waals surface area (Å²) in [6, 6.07) is 6.27. The van der Waals surface area contributed by atoms with Crippen molar-refractivity contribution in [2.45, 2.75) is 31.7 Å². The van der Waals surface area contributed by atoms with Crippen LogP contribution in [0.25, 0.3) is 11.0 Å². The maximum atomic E-state index is 12.7. The molecule has 1 aromatic carbocycles. The van der Waals surface area contributed by atoms with Crippen LogP contribution in [0.3, 0.4) is 0 Å². The largest absolute Gasteiger partial charge is 0.339 e. The van der Waals surface area contributed by atoms with Gasteiger partial charge in [-0.05, 0) is 56.3 Å². The van der Waals surface area contributed by atoms with Crippen molar-refractivity contribution >= 4 is 29.3 Å². The van der Waals surface area contributed by atoms with Crippen LogP contribution in [0.5, 0.6) is 0 Å². The summed E-state index contributed by atoms with van der Waals surface area (Å²) in [5.74, 6) is 0.847. The number of benzene rings is 1. The molecular formula is C18H23ClN4O. The van der Waals surface area contributed by atoms with Gasteiger partial charge in [0.05, 0.1) is 11.0 Å². The van der Waals surface area contributed by atoms with Gasteiger partial charge in [-0.3, -0.25) is 14.8 Å². The number of likely N-dealkylation sites (tertiary alicyclic amines) is 1. The number of nitrogens with zero attached hydrogens (tertiary/aromatic N) is 3. The van der Waals surface area contributed by atoms with Gasteiger partial charge >= 0.3 is 0 Å². The van der Waals surface area contributed by atoms with Gasteiger partial charge in [-0.25, -0.2) is 0 Å². The Morgan fingerprint density at radius 3 is 2.54 bits per heavy atom. The lowest BCUT2D eigenvalue weighted by atomic mass is 9.88. The first-order valence-corrected chi connectivity index (χ1v) is 8.55. The second-order valence-corrected chi connectivity index (χ2v) is 6.59. The van der Waals surface area contributed by atoms with Gasteiger partial charge in [0.1, 0.15) is 0 Å². The average Bonchev–Trinajstić information content (AvgIpc) is 3.15. The lowest BCUT2D eigenvalue weighted by Gasteiger charge is -2.35. The maximum Gasteiger partial charge on any atom is 0.253 e. The average molecular weight is 347 g/mol. The number of nitrogens with one attached hydrogen (secondary N) is 1. The number of carbonyl (C=O) groups excluding carboxylic acids is 1. The van der Waals surface area contributed by atoms with Crippen molar-refractivity contribution < 1.29 is 4.79 Å². The van der Waals surface area contributed by atoms with Crippen molar-refractivity contribution in [3.63, 3.8) is 0 Å². The highest BCUT2D eigenvalue weighted by atomic mass is 35.5. The lowest BCUT2D eigenvalue weighted by Crippen LogP contribution is -2.43. The van der Waals surface area contributed by atoms with Gasteiger partial charge in [0.25, 0.3) is 5.91 Å². The first-order chi connectivity index (χ1) is 11.3. The molecule has 2 aromatic rings. The highest BCUT2D eigenvalue weighted by molar-refractivity contribution is 5.97. The van der Waals surface area contributed by atoms with E-state index in [-0.39, 0.29) is 18.3 Å². The van der Waals surface area contributed by atoms with Gasteiger partial charge in [-0.2, -0.15) is 0 Å². The Balaban J connectivity index is 0.00000169. The number of halogens is 1. The molecule has 0 bridgehead atoms. The molecule has 6 heteroatoms. The molecule has 1 atom stereocenters. The fourth-order valence-corrected chi connectivity index (χ4v) is 3.90. The Kier molecular flexibility index (Phi) is 5.31. The van der Waals surface area contributed by atoms with Crippen molar-refractivity contribution in [2.24, 2.45) is 5.92 Å². The maximum absolute atomic E-state index is 12.7. The topological polar surface area (TPSA) is 58.1 Å². The number of piperidine rings is 1. The van der Waals surface area contributed by atoms with E-state index in [1.54, 1.807) is 12.4 Å². The third-order valence-electron chi connectivity index (χ3n) is 5.21. The number of aromatic nitrogens is 2. The predicted octanol–water partition coefficient (Wildman–Crippen LogP) is 2.66. The van der Waals surface area contributed by atoms with Crippen molar-refractivity contribution in [3.05, 3.63) is 36.2 Å². The van der Waals surface area contributed by atoms with Gasteiger partial charge < -0.3 is 10.2 Å². The van der Waals surface area contributed by atoms with Crippen molar-refractivity contribution in [2.75, 3.05) is 19.6 Å². The highest BCUT2D eigenvalue weighted by Gasteiger charge is 2.30. The fraction of sp³-hybridized carbons (Fsp3) is 0.500. The molecule has 0 saturated carbocycles. The third kappa shape index (κ3) is 3.37. The molecule has 2 saturated heterocycles. The molecule has 1 unspecified atom stereocenters. The van der Waals surface area contributed by atoms with Crippen molar-refractivity contribution in [1.29, 1.82) is 0 Å². The summed E-state index contributed by atoms with van der Waals surface area (Å²) < 4.78 is 0. The van der Waals surface area contributed by atoms with Crippen LogP contribution < -0.4 is 5.32 Å². The van der Waals surface area contributed by atoms with E-state index in [1.165, 1.54) is 12.8 Å². The van der Waals surface area contributed by atoms with Gasteiger partial charge in [0, 0.05) is 37.1 Å².